The van der Waals surface area contributed by atoms with Gasteiger partial charge in [0.25, 0.3) is 0 Å². The fourth-order valence-electron chi connectivity index (χ4n) is 6.77. The summed E-state index contributed by atoms with van der Waals surface area (Å²) in [7, 11) is 0. The number of benzene rings is 7. The van der Waals surface area contributed by atoms with E-state index in [9.17, 15) is 0 Å². The first kappa shape index (κ1) is 28.9. The first-order chi connectivity index (χ1) is 24.7. The van der Waals surface area contributed by atoms with E-state index in [-0.39, 0.29) is 0 Å². The van der Waals surface area contributed by atoms with Crippen molar-refractivity contribution in [3.05, 3.63) is 158 Å². The number of hydrogen-bond donors (Lipinski definition) is 0. The summed E-state index contributed by atoms with van der Waals surface area (Å²) in [6.45, 7) is 0. The molecule has 0 aliphatic rings. The molecule has 0 bridgehead atoms. The minimum Gasteiger partial charge on any atom is -0.236 e. The molecule has 0 N–H and O–H groups in total. The smallest absolute Gasteiger partial charge is 0.164 e. The highest BCUT2D eigenvalue weighted by atomic mass is 32.1. The van der Waals surface area contributed by atoms with E-state index < -0.39 is 0 Å². The zero-order valence-corrected chi connectivity index (χ0v) is 28.2. The molecule has 3 heterocycles. The molecule has 234 valence electrons. The van der Waals surface area contributed by atoms with Crippen molar-refractivity contribution in [2.45, 2.75) is 0 Å². The maximum absolute atomic E-state index is 5.12. The molecule has 50 heavy (non-hydrogen) atoms. The van der Waals surface area contributed by atoms with Crippen LogP contribution >= 0.6 is 22.7 Å². The molecule has 0 radical (unpaired) electrons. The summed E-state index contributed by atoms with van der Waals surface area (Å²) in [5.41, 5.74) is 7.35. The van der Waals surface area contributed by atoms with Crippen molar-refractivity contribution in [2.24, 2.45) is 0 Å². The maximum atomic E-state index is 5.12. The zero-order valence-electron chi connectivity index (χ0n) is 26.6. The highest BCUT2D eigenvalue weighted by molar-refractivity contribution is 7.26. The number of nitrogens with zero attached hydrogens (tertiary/aromatic N) is 4. The number of thiophene rings is 1. The molecule has 0 unspecified atom stereocenters. The number of fused-ring (bicyclic) bond motifs is 5. The molecule has 0 saturated carbocycles. The Bertz CT molecular complexity index is 2800. The Morgan fingerprint density at radius 3 is 1.72 bits per heavy atom. The molecule has 0 spiro atoms. The van der Waals surface area contributed by atoms with Crippen molar-refractivity contribution in [3.8, 4) is 55.9 Å². The fourth-order valence-corrected chi connectivity index (χ4v) is 8.99. The molecule has 0 amide bonds. The quantitative estimate of drug-likeness (QED) is 0.182. The van der Waals surface area contributed by atoms with Gasteiger partial charge in [0.1, 0.15) is 5.01 Å². The summed E-state index contributed by atoms with van der Waals surface area (Å²) in [6, 6.07) is 55.0. The van der Waals surface area contributed by atoms with Crippen LogP contribution < -0.4 is 0 Å². The van der Waals surface area contributed by atoms with Crippen LogP contribution in [0.5, 0.6) is 0 Å². The molecule has 0 fully saturated rings. The normalized spacial score (nSPS) is 11.6. The summed E-state index contributed by atoms with van der Waals surface area (Å²) in [6.07, 6.45) is 0. The molecule has 0 saturated heterocycles. The molecule has 3 aromatic heterocycles. The van der Waals surface area contributed by atoms with Gasteiger partial charge in [0.2, 0.25) is 0 Å². The average Bonchev–Trinajstić information content (AvgIpc) is 3.78. The zero-order chi connectivity index (χ0) is 33.0. The second kappa shape index (κ2) is 11.8. The van der Waals surface area contributed by atoms with Crippen LogP contribution in [-0.2, 0) is 0 Å². The van der Waals surface area contributed by atoms with Crippen LogP contribution in [0.3, 0.4) is 0 Å². The average molecular weight is 675 g/mol. The first-order valence-electron chi connectivity index (χ1n) is 16.5. The summed E-state index contributed by atoms with van der Waals surface area (Å²) in [5, 5.41) is 5.75. The summed E-state index contributed by atoms with van der Waals surface area (Å²) >= 11 is 3.59. The fraction of sp³-hybridized carbons (Fsp3) is 0. The third-order valence-corrected chi connectivity index (χ3v) is 11.3. The standard InChI is InChI=1S/C44H26N4S2/c1-4-13-27(14-5-1)41-46-42(28-15-6-2-7-16-28)48-43(47-41)34-24-31(23-30-19-10-11-20-32(30)34)33-21-12-22-37-40(33)35-25-36-39(26-38(35)49-37)50-44(45-36)29-17-8-3-9-18-29/h1-26H. The van der Waals surface area contributed by atoms with Crippen molar-refractivity contribution >= 4 is 63.8 Å². The van der Waals surface area contributed by atoms with Crippen LogP contribution in [0.15, 0.2) is 158 Å². The summed E-state index contributed by atoms with van der Waals surface area (Å²) < 4.78 is 3.73. The lowest BCUT2D eigenvalue weighted by molar-refractivity contribution is 1.08. The molecular formula is C44H26N4S2. The highest BCUT2D eigenvalue weighted by Gasteiger charge is 2.19. The SMILES string of the molecule is c1ccc(-c2nc(-c3ccccc3)nc(-c3cc(-c4cccc5sc6cc7sc(-c8ccccc8)nc7cc6c45)cc4ccccc34)n2)cc1. The maximum Gasteiger partial charge on any atom is 0.164 e. The lowest BCUT2D eigenvalue weighted by Crippen LogP contribution is -2.00. The van der Waals surface area contributed by atoms with Gasteiger partial charge in [-0.2, -0.15) is 0 Å². The van der Waals surface area contributed by atoms with Crippen molar-refractivity contribution in [2.75, 3.05) is 0 Å². The predicted molar refractivity (Wildman–Crippen MR) is 211 cm³/mol. The molecule has 0 aliphatic heterocycles. The van der Waals surface area contributed by atoms with Gasteiger partial charge >= 0.3 is 0 Å². The van der Waals surface area contributed by atoms with Gasteiger partial charge in [-0.15, -0.1) is 22.7 Å². The van der Waals surface area contributed by atoms with Crippen LogP contribution in [-0.4, -0.2) is 19.9 Å². The topological polar surface area (TPSA) is 51.6 Å². The number of thiazole rings is 1. The van der Waals surface area contributed by atoms with Gasteiger partial charge in [0.15, 0.2) is 17.5 Å². The third kappa shape index (κ3) is 4.96. The molecule has 7 aromatic carbocycles. The molecule has 0 aliphatic carbocycles. The van der Waals surface area contributed by atoms with Crippen LogP contribution in [0.2, 0.25) is 0 Å². The van der Waals surface area contributed by atoms with E-state index in [0.717, 1.165) is 49.1 Å². The second-order valence-corrected chi connectivity index (χ2v) is 14.4. The Morgan fingerprint density at radius 1 is 0.360 bits per heavy atom. The lowest BCUT2D eigenvalue weighted by atomic mass is 9.93. The Morgan fingerprint density at radius 2 is 1.00 bits per heavy atom. The lowest BCUT2D eigenvalue weighted by Gasteiger charge is -2.13. The van der Waals surface area contributed by atoms with Gasteiger partial charge < -0.3 is 0 Å². The van der Waals surface area contributed by atoms with Gasteiger partial charge in [-0.05, 0) is 52.2 Å². The Hall–Kier alpha value is -6.08. The number of hydrogen-bond acceptors (Lipinski definition) is 6. The highest BCUT2D eigenvalue weighted by Crippen LogP contribution is 2.44. The van der Waals surface area contributed by atoms with Gasteiger partial charge in [-0.25, -0.2) is 19.9 Å². The first-order valence-corrected chi connectivity index (χ1v) is 18.1. The van der Waals surface area contributed by atoms with Gasteiger partial charge in [-0.1, -0.05) is 127 Å². The van der Waals surface area contributed by atoms with E-state index >= 15 is 0 Å². The van der Waals surface area contributed by atoms with Crippen LogP contribution in [0, 0.1) is 0 Å². The predicted octanol–water partition coefficient (Wildman–Crippen LogP) is 12.3. The summed E-state index contributed by atoms with van der Waals surface area (Å²) in [5.74, 6) is 1.95. The van der Waals surface area contributed by atoms with Gasteiger partial charge in [0, 0.05) is 42.4 Å². The van der Waals surface area contributed by atoms with Crippen molar-refractivity contribution < 1.29 is 0 Å². The largest absolute Gasteiger partial charge is 0.236 e. The van der Waals surface area contributed by atoms with E-state index in [4.69, 9.17) is 19.9 Å². The number of rotatable bonds is 5. The van der Waals surface area contributed by atoms with Crippen LogP contribution in [0.4, 0.5) is 0 Å². The Kier molecular flexibility index (Phi) is 6.82. The van der Waals surface area contributed by atoms with Gasteiger partial charge in [-0.3, -0.25) is 0 Å². The van der Waals surface area contributed by atoms with E-state index in [0.29, 0.717) is 17.5 Å². The minimum absolute atomic E-state index is 0.649. The van der Waals surface area contributed by atoms with E-state index in [1.165, 1.54) is 30.4 Å². The second-order valence-electron chi connectivity index (χ2n) is 12.3. The van der Waals surface area contributed by atoms with Crippen LogP contribution in [0.25, 0.3) is 97.0 Å². The minimum atomic E-state index is 0.649. The van der Waals surface area contributed by atoms with E-state index in [1.807, 2.05) is 78.1 Å². The monoisotopic (exact) mass is 674 g/mol. The molecule has 10 aromatic rings. The molecule has 4 nitrogen and oxygen atoms in total. The Labute approximate surface area is 296 Å². The summed E-state index contributed by atoms with van der Waals surface area (Å²) in [4.78, 5) is 20.3. The molecule has 6 heteroatoms. The van der Waals surface area contributed by atoms with E-state index in [2.05, 4.69) is 91.0 Å². The van der Waals surface area contributed by atoms with E-state index in [1.54, 1.807) is 11.3 Å². The van der Waals surface area contributed by atoms with Crippen molar-refractivity contribution in [1.29, 1.82) is 0 Å². The van der Waals surface area contributed by atoms with Crippen LogP contribution in [0.1, 0.15) is 0 Å². The molecule has 10 rings (SSSR count). The molecule has 0 atom stereocenters. The Balaban J connectivity index is 1.20. The third-order valence-electron chi connectivity index (χ3n) is 9.14. The van der Waals surface area contributed by atoms with Crippen molar-refractivity contribution in [3.63, 3.8) is 0 Å². The molecular weight excluding hydrogens is 649 g/mol. The van der Waals surface area contributed by atoms with Crippen molar-refractivity contribution in [1.82, 2.24) is 19.9 Å². The van der Waals surface area contributed by atoms with Gasteiger partial charge in [0.05, 0.1) is 10.2 Å². The number of aromatic nitrogens is 4.